The standard InChI is InChI=1S/C20H25F2N5/c1-2-23-20(25-10-8-16-15-17(21)6-7-18(16)22)27-13-11-26(12-14-27)19-5-3-4-9-24-19/h3-7,9,15H,2,8,10-14H2,1H3,(H,23,25). The molecule has 5 nitrogen and oxygen atoms in total. The van der Waals surface area contributed by atoms with Crippen LogP contribution in [-0.2, 0) is 6.42 Å². The predicted octanol–water partition coefficient (Wildman–Crippen LogP) is 2.69. The molecule has 3 rings (SSSR count). The summed E-state index contributed by atoms with van der Waals surface area (Å²) in [6.07, 6.45) is 2.17. The van der Waals surface area contributed by atoms with Crippen molar-refractivity contribution in [3.05, 3.63) is 59.8 Å². The van der Waals surface area contributed by atoms with Gasteiger partial charge in [-0.2, -0.15) is 0 Å². The van der Waals surface area contributed by atoms with Crippen LogP contribution in [0.2, 0.25) is 0 Å². The number of rotatable bonds is 5. The average Bonchev–Trinajstić information content (AvgIpc) is 2.71. The molecule has 0 aliphatic carbocycles. The molecule has 2 heterocycles. The van der Waals surface area contributed by atoms with Gasteiger partial charge in [0.15, 0.2) is 5.96 Å². The monoisotopic (exact) mass is 373 g/mol. The molecule has 0 radical (unpaired) electrons. The third-order valence-corrected chi connectivity index (χ3v) is 4.54. The van der Waals surface area contributed by atoms with Crippen molar-refractivity contribution in [2.45, 2.75) is 13.3 Å². The van der Waals surface area contributed by atoms with Gasteiger partial charge in [-0.15, -0.1) is 0 Å². The molecule has 2 aromatic rings. The van der Waals surface area contributed by atoms with Gasteiger partial charge in [-0.05, 0) is 49.2 Å². The van der Waals surface area contributed by atoms with Crippen LogP contribution < -0.4 is 10.2 Å². The smallest absolute Gasteiger partial charge is 0.194 e. The lowest BCUT2D eigenvalue weighted by atomic mass is 10.1. The van der Waals surface area contributed by atoms with Crippen molar-refractivity contribution in [2.75, 3.05) is 44.2 Å². The number of aromatic nitrogens is 1. The van der Waals surface area contributed by atoms with Gasteiger partial charge in [-0.25, -0.2) is 13.8 Å². The van der Waals surface area contributed by atoms with E-state index in [0.29, 0.717) is 18.5 Å². The van der Waals surface area contributed by atoms with E-state index in [9.17, 15) is 8.78 Å². The van der Waals surface area contributed by atoms with Gasteiger partial charge in [0.2, 0.25) is 0 Å². The average molecular weight is 373 g/mol. The topological polar surface area (TPSA) is 43.8 Å². The van der Waals surface area contributed by atoms with Crippen molar-refractivity contribution in [3.63, 3.8) is 0 Å². The molecule has 7 heteroatoms. The number of benzene rings is 1. The molecular weight excluding hydrogens is 348 g/mol. The first kappa shape index (κ1) is 19.1. The van der Waals surface area contributed by atoms with Gasteiger partial charge in [0, 0.05) is 45.5 Å². The molecular formula is C20H25F2N5. The van der Waals surface area contributed by atoms with Gasteiger partial charge in [0.25, 0.3) is 0 Å². The molecule has 27 heavy (non-hydrogen) atoms. The second-order valence-corrected chi connectivity index (χ2v) is 6.38. The molecule has 1 saturated heterocycles. The zero-order valence-corrected chi connectivity index (χ0v) is 15.5. The van der Waals surface area contributed by atoms with Crippen LogP contribution in [0.5, 0.6) is 0 Å². The Morgan fingerprint density at radius 1 is 1.15 bits per heavy atom. The van der Waals surface area contributed by atoms with Crippen LogP contribution in [0.25, 0.3) is 0 Å². The minimum absolute atomic E-state index is 0.356. The first-order chi connectivity index (χ1) is 13.2. The summed E-state index contributed by atoms with van der Waals surface area (Å²) in [4.78, 5) is 13.5. The maximum absolute atomic E-state index is 13.7. The summed E-state index contributed by atoms with van der Waals surface area (Å²) in [6.45, 7) is 6.57. The number of pyridine rings is 1. The van der Waals surface area contributed by atoms with E-state index >= 15 is 0 Å². The zero-order valence-electron chi connectivity index (χ0n) is 15.5. The number of nitrogens with zero attached hydrogens (tertiary/aromatic N) is 4. The van der Waals surface area contributed by atoms with Crippen molar-refractivity contribution in [1.29, 1.82) is 0 Å². The fourth-order valence-corrected chi connectivity index (χ4v) is 3.13. The Morgan fingerprint density at radius 3 is 2.67 bits per heavy atom. The molecule has 144 valence electrons. The quantitative estimate of drug-likeness (QED) is 0.647. The van der Waals surface area contributed by atoms with Crippen LogP contribution in [0, 0.1) is 11.6 Å². The Balaban J connectivity index is 1.58. The summed E-state index contributed by atoms with van der Waals surface area (Å²) in [7, 11) is 0. The highest BCUT2D eigenvalue weighted by Gasteiger charge is 2.20. The number of aliphatic imine (C=N–C) groups is 1. The number of hydrogen-bond acceptors (Lipinski definition) is 3. The molecule has 0 spiro atoms. The fourth-order valence-electron chi connectivity index (χ4n) is 3.13. The Hall–Kier alpha value is -2.70. The summed E-state index contributed by atoms with van der Waals surface area (Å²) < 4.78 is 27.0. The molecule has 1 aliphatic heterocycles. The first-order valence-electron chi connectivity index (χ1n) is 9.30. The molecule has 0 saturated carbocycles. The van der Waals surface area contributed by atoms with Gasteiger partial charge in [0.1, 0.15) is 17.5 Å². The van der Waals surface area contributed by atoms with Crippen LogP contribution in [0.4, 0.5) is 14.6 Å². The molecule has 0 atom stereocenters. The van der Waals surface area contributed by atoms with E-state index in [-0.39, 0.29) is 5.82 Å². The number of halogens is 2. The lowest BCUT2D eigenvalue weighted by Gasteiger charge is -2.37. The lowest BCUT2D eigenvalue weighted by Crippen LogP contribution is -2.52. The highest BCUT2D eigenvalue weighted by molar-refractivity contribution is 5.80. The molecule has 1 aromatic carbocycles. The van der Waals surface area contributed by atoms with Gasteiger partial charge < -0.3 is 15.1 Å². The van der Waals surface area contributed by atoms with E-state index in [1.54, 1.807) is 6.20 Å². The maximum Gasteiger partial charge on any atom is 0.194 e. The van der Waals surface area contributed by atoms with Crippen molar-refractivity contribution in [3.8, 4) is 0 Å². The Bertz CT molecular complexity index is 758. The van der Waals surface area contributed by atoms with E-state index in [0.717, 1.165) is 56.6 Å². The van der Waals surface area contributed by atoms with Gasteiger partial charge in [-0.3, -0.25) is 4.99 Å². The van der Waals surface area contributed by atoms with E-state index in [4.69, 9.17) is 0 Å². The van der Waals surface area contributed by atoms with E-state index in [2.05, 4.69) is 25.1 Å². The van der Waals surface area contributed by atoms with Crippen molar-refractivity contribution in [1.82, 2.24) is 15.2 Å². The molecule has 0 amide bonds. The minimum Gasteiger partial charge on any atom is -0.357 e. The molecule has 1 aromatic heterocycles. The third kappa shape index (κ3) is 5.15. The van der Waals surface area contributed by atoms with Crippen LogP contribution in [0.1, 0.15) is 12.5 Å². The second kappa shape index (κ2) is 9.30. The summed E-state index contributed by atoms with van der Waals surface area (Å²) in [5.74, 6) is 0.990. The molecule has 0 unspecified atom stereocenters. The molecule has 1 N–H and O–H groups in total. The van der Waals surface area contributed by atoms with Crippen LogP contribution in [-0.4, -0.2) is 55.1 Å². The minimum atomic E-state index is -0.423. The highest BCUT2D eigenvalue weighted by Crippen LogP contribution is 2.13. The largest absolute Gasteiger partial charge is 0.357 e. The zero-order chi connectivity index (χ0) is 19.1. The maximum atomic E-state index is 13.7. The summed E-state index contributed by atoms with van der Waals surface area (Å²) in [6, 6.07) is 9.46. The van der Waals surface area contributed by atoms with E-state index in [1.807, 2.05) is 25.1 Å². The highest BCUT2D eigenvalue weighted by atomic mass is 19.1. The van der Waals surface area contributed by atoms with Crippen LogP contribution >= 0.6 is 0 Å². The molecule has 1 aliphatic rings. The summed E-state index contributed by atoms with van der Waals surface area (Å²) in [5, 5.41) is 3.29. The van der Waals surface area contributed by atoms with Crippen molar-refractivity contribution >= 4 is 11.8 Å². The molecule has 1 fully saturated rings. The van der Waals surface area contributed by atoms with Gasteiger partial charge in [0.05, 0.1) is 0 Å². The number of anilines is 1. The number of guanidine groups is 1. The lowest BCUT2D eigenvalue weighted by molar-refractivity contribution is 0.371. The van der Waals surface area contributed by atoms with Crippen molar-refractivity contribution in [2.24, 2.45) is 4.99 Å². The van der Waals surface area contributed by atoms with Gasteiger partial charge in [-0.1, -0.05) is 6.07 Å². The summed E-state index contributed by atoms with van der Waals surface area (Å²) in [5.41, 5.74) is 0.356. The Labute approximate surface area is 158 Å². The molecule has 0 bridgehead atoms. The SMILES string of the molecule is CCNC(=NCCc1cc(F)ccc1F)N1CCN(c2ccccn2)CC1. The van der Waals surface area contributed by atoms with Crippen LogP contribution in [0.3, 0.4) is 0 Å². The normalized spacial score (nSPS) is 15.1. The number of piperazine rings is 1. The van der Waals surface area contributed by atoms with Gasteiger partial charge >= 0.3 is 0 Å². The third-order valence-electron chi connectivity index (χ3n) is 4.54. The van der Waals surface area contributed by atoms with Crippen LogP contribution in [0.15, 0.2) is 47.6 Å². The second-order valence-electron chi connectivity index (χ2n) is 6.38. The fraction of sp³-hybridized carbons (Fsp3) is 0.400. The van der Waals surface area contributed by atoms with Crippen molar-refractivity contribution < 1.29 is 8.78 Å². The number of hydrogen-bond donors (Lipinski definition) is 1. The van der Waals surface area contributed by atoms with E-state index in [1.165, 1.54) is 6.07 Å². The Morgan fingerprint density at radius 2 is 1.96 bits per heavy atom. The summed E-state index contributed by atoms with van der Waals surface area (Å²) >= 11 is 0. The van der Waals surface area contributed by atoms with E-state index < -0.39 is 5.82 Å². The first-order valence-corrected chi connectivity index (χ1v) is 9.30. The predicted molar refractivity (Wildman–Crippen MR) is 104 cm³/mol. The number of nitrogens with one attached hydrogen (secondary N) is 1. The Kier molecular flexibility index (Phi) is 6.57.